The van der Waals surface area contributed by atoms with Crippen LogP contribution < -0.4 is 10.1 Å². The van der Waals surface area contributed by atoms with E-state index in [9.17, 15) is 4.79 Å². The third-order valence-corrected chi connectivity index (χ3v) is 6.70. The predicted octanol–water partition coefficient (Wildman–Crippen LogP) is 7.43. The number of hydrogen-bond donors (Lipinski definition) is 1. The average Bonchev–Trinajstić information content (AvgIpc) is 3.45. The number of carbonyl (C=O) groups excluding carboxylic acids is 1. The van der Waals surface area contributed by atoms with Crippen molar-refractivity contribution >= 4 is 45.6 Å². The molecule has 0 bridgehead atoms. The second-order valence-corrected chi connectivity index (χ2v) is 9.20. The van der Waals surface area contributed by atoms with Crippen LogP contribution in [-0.4, -0.2) is 15.7 Å². The molecule has 1 N–H and O–H groups in total. The summed E-state index contributed by atoms with van der Waals surface area (Å²) in [6.45, 7) is 4.30. The Kier molecular flexibility index (Phi) is 6.72. The highest BCUT2D eigenvalue weighted by Gasteiger charge is 2.19. The number of furan rings is 1. The Bertz CT molecular complexity index is 1550. The minimum atomic E-state index is -0.368. The standard InChI is InChI=1S/C28H23Cl2N3O3/c1-17-27(18(2)33(32-17)15-22-23(29)10-6-11-24(22)30)31-28(34)26-14-13-20(36-26)16-35-25-12-5-8-19-7-3-4-9-21(19)25/h3-14H,15-16H2,1-2H3,(H,31,34). The molecule has 5 rings (SSSR count). The Labute approximate surface area is 218 Å². The number of nitrogens with one attached hydrogen (secondary N) is 1. The lowest BCUT2D eigenvalue weighted by Crippen LogP contribution is -2.12. The van der Waals surface area contributed by atoms with E-state index in [2.05, 4.69) is 10.4 Å². The van der Waals surface area contributed by atoms with E-state index in [4.69, 9.17) is 32.4 Å². The maximum Gasteiger partial charge on any atom is 0.291 e. The van der Waals surface area contributed by atoms with Crippen LogP contribution in [0.25, 0.3) is 10.8 Å². The zero-order valence-electron chi connectivity index (χ0n) is 19.7. The van der Waals surface area contributed by atoms with Crippen molar-refractivity contribution in [3.05, 3.63) is 111 Å². The van der Waals surface area contributed by atoms with Gasteiger partial charge >= 0.3 is 0 Å². The summed E-state index contributed by atoms with van der Waals surface area (Å²) >= 11 is 12.6. The van der Waals surface area contributed by atoms with E-state index in [0.717, 1.165) is 27.8 Å². The third kappa shape index (κ3) is 4.83. The molecule has 0 atom stereocenters. The van der Waals surface area contributed by atoms with Gasteiger partial charge in [-0.3, -0.25) is 9.48 Å². The summed E-state index contributed by atoms with van der Waals surface area (Å²) in [5.41, 5.74) is 2.84. The largest absolute Gasteiger partial charge is 0.485 e. The van der Waals surface area contributed by atoms with Gasteiger partial charge in [-0.2, -0.15) is 5.10 Å². The van der Waals surface area contributed by atoms with Gasteiger partial charge in [-0.25, -0.2) is 0 Å². The molecule has 2 aromatic heterocycles. The molecule has 0 saturated heterocycles. The van der Waals surface area contributed by atoms with E-state index in [1.54, 1.807) is 35.0 Å². The van der Waals surface area contributed by atoms with Crippen LogP contribution in [0.2, 0.25) is 10.0 Å². The van der Waals surface area contributed by atoms with Crippen molar-refractivity contribution in [2.45, 2.75) is 27.0 Å². The number of fused-ring (bicyclic) bond motifs is 1. The van der Waals surface area contributed by atoms with Gasteiger partial charge in [0.15, 0.2) is 5.76 Å². The molecule has 1 amide bonds. The van der Waals surface area contributed by atoms with Gasteiger partial charge in [-0.1, -0.05) is 65.7 Å². The van der Waals surface area contributed by atoms with Gasteiger partial charge in [0.2, 0.25) is 0 Å². The van der Waals surface area contributed by atoms with Crippen LogP contribution in [0, 0.1) is 13.8 Å². The zero-order valence-corrected chi connectivity index (χ0v) is 21.2. The number of ether oxygens (including phenoxy) is 1. The van der Waals surface area contributed by atoms with Crippen LogP contribution in [-0.2, 0) is 13.2 Å². The fourth-order valence-electron chi connectivity index (χ4n) is 4.09. The van der Waals surface area contributed by atoms with Crippen molar-refractivity contribution in [2.24, 2.45) is 0 Å². The fourth-order valence-corrected chi connectivity index (χ4v) is 4.60. The fraction of sp³-hybridized carbons (Fsp3) is 0.143. The second-order valence-electron chi connectivity index (χ2n) is 8.39. The summed E-state index contributed by atoms with van der Waals surface area (Å²) in [5.74, 6) is 1.12. The number of amides is 1. The van der Waals surface area contributed by atoms with E-state index in [1.165, 1.54) is 0 Å². The van der Waals surface area contributed by atoms with E-state index in [-0.39, 0.29) is 18.3 Å². The molecular formula is C28H23Cl2N3O3. The van der Waals surface area contributed by atoms with Gasteiger partial charge in [0, 0.05) is 21.0 Å². The summed E-state index contributed by atoms with van der Waals surface area (Å²) in [5, 5.41) is 10.7. The molecule has 0 aliphatic carbocycles. The third-order valence-electron chi connectivity index (χ3n) is 5.99. The van der Waals surface area contributed by atoms with Crippen LogP contribution in [0.1, 0.15) is 33.3 Å². The Morgan fingerprint density at radius 2 is 1.69 bits per heavy atom. The Morgan fingerprint density at radius 3 is 2.50 bits per heavy atom. The van der Waals surface area contributed by atoms with E-state index in [0.29, 0.717) is 33.7 Å². The molecular weight excluding hydrogens is 497 g/mol. The van der Waals surface area contributed by atoms with Crippen molar-refractivity contribution in [2.75, 3.05) is 5.32 Å². The van der Waals surface area contributed by atoms with Crippen molar-refractivity contribution in [1.29, 1.82) is 0 Å². The monoisotopic (exact) mass is 519 g/mol. The van der Waals surface area contributed by atoms with Crippen molar-refractivity contribution < 1.29 is 13.9 Å². The van der Waals surface area contributed by atoms with Gasteiger partial charge in [0.25, 0.3) is 5.91 Å². The number of aryl methyl sites for hydroxylation is 1. The van der Waals surface area contributed by atoms with Gasteiger partial charge in [0.05, 0.1) is 23.6 Å². The molecule has 0 saturated carbocycles. The summed E-state index contributed by atoms with van der Waals surface area (Å²) in [7, 11) is 0. The van der Waals surface area contributed by atoms with Crippen LogP contribution in [0.15, 0.2) is 77.2 Å². The number of benzene rings is 3. The number of hydrogen-bond acceptors (Lipinski definition) is 4. The molecule has 6 nitrogen and oxygen atoms in total. The van der Waals surface area contributed by atoms with Crippen LogP contribution in [0.5, 0.6) is 5.75 Å². The molecule has 0 aliphatic rings. The molecule has 182 valence electrons. The smallest absolute Gasteiger partial charge is 0.291 e. The molecule has 8 heteroatoms. The predicted molar refractivity (Wildman–Crippen MR) is 142 cm³/mol. The summed E-state index contributed by atoms with van der Waals surface area (Å²) in [6.07, 6.45) is 0. The van der Waals surface area contributed by atoms with E-state index in [1.807, 2.05) is 56.3 Å². The molecule has 3 aromatic carbocycles. The highest BCUT2D eigenvalue weighted by molar-refractivity contribution is 6.36. The lowest BCUT2D eigenvalue weighted by Gasteiger charge is -2.09. The summed E-state index contributed by atoms with van der Waals surface area (Å²) in [4.78, 5) is 12.9. The highest BCUT2D eigenvalue weighted by Crippen LogP contribution is 2.29. The number of rotatable bonds is 7. The number of anilines is 1. The zero-order chi connectivity index (χ0) is 25.2. The van der Waals surface area contributed by atoms with Gasteiger partial charge in [-0.05, 0) is 49.6 Å². The molecule has 0 spiro atoms. The molecule has 36 heavy (non-hydrogen) atoms. The van der Waals surface area contributed by atoms with Crippen LogP contribution in [0.3, 0.4) is 0 Å². The summed E-state index contributed by atoms with van der Waals surface area (Å²) < 4.78 is 13.5. The van der Waals surface area contributed by atoms with Gasteiger partial charge < -0.3 is 14.5 Å². The first-order valence-corrected chi connectivity index (χ1v) is 12.1. The first-order chi connectivity index (χ1) is 17.4. The SMILES string of the molecule is Cc1nn(Cc2c(Cl)cccc2Cl)c(C)c1NC(=O)c1ccc(COc2cccc3ccccc23)o1. The number of nitrogens with zero attached hydrogens (tertiary/aromatic N) is 2. The van der Waals surface area contributed by atoms with Crippen molar-refractivity contribution in [3.8, 4) is 5.75 Å². The maximum atomic E-state index is 12.9. The van der Waals surface area contributed by atoms with E-state index >= 15 is 0 Å². The Hall–Kier alpha value is -3.74. The molecule has 2 heterocycles. The second kappa shape index (κ2) is 10.1. The minimum Gasteiger partial charge on any atom is -0.485 e. The van der Waals surface area contributed by atoms with Crippen LogP contribution >= 0.6 is 23.2 Å². The number of aromatic nitrogens is 2. The average molecular weight is 520 g/mol. The maximum absolute atomic E-state index is 12.9. The first-order valence-electron chi connectivity index (χ1n) is 11.4. The first kappa shape index (κ1) is 24.0. The number of carbonyl (C=O) groups is 1. The van der Waals surface area contributed by atoms with E-state index < -0.39 is 0 Å². The molecule has 0 radical (unpaired) electrons. The molecule has 0 unspecified atom stereocenters. The molecule has 0 fully saturated rings. The lowest BCUT2D eigenvalue weighted by atomic mass is 10.1. The Balaban J connectivity index is 1.28. The lowest BCUT2D eigenvalue weighted by molar-refractivity contribution is 0.0992. The van der Waals surface area contributed by atoms with Crippen molar-refractivity contribution in [1.82, 2.24) is 9.78 Å². The number of halogens is 2. The topological polar surface area (TPSA) is 69.3 Å². The quantitative estimate of drug-likeness (QED) is 0.242. The molecule has 5 aromatic rings. The summed E-state index contributed by atoms with van der Waals surface area (Å²) in [6, 6.07) is 22.6. The Morgan fingerprint density at radius 1 is 0.972 bits per heavy atom. The van der Waals surface area contributed by atoms with Crippen molar-refractivity contribution in [3.63, 3.8) is 0 Å². The normalized spacial score (nSPS) is 11.1. The molecule has 0 aliphatic heterocycles. The van der Waals surface area contributed by atoms with Gasteiger partial charge in [-0.15, -0.1) is 0 Å². The van der Waals surface area contributed by atoms with Crippen LogP contribution in [0.4, 0.5) is 5.69 Å². The van der Waals surface area contributed by atoms with Gasteiger partial charge in [0.1, 0.15) is 18.1 Å². The highest BCUT2D eigenvalue weighted by atomic mass is 35.5. The minimum absolute atomic E-state index is 0.187.